The summed E-state index contributed by atoms with van der Waals surface area (Å²) in [5.74, 6) is 1.50. The Morgan fingerprint density at radius 1 is 0.763 bits per heavy atom. The van der Waals surface area contributed by atoms with Crippen molar-refractivity contribution in [2.45, 2.75) is 122 Å². The van der Waals surface area contributed by atoms with Gasteiger partial charge >= 0.3 is 6.03 Å². The molecule has 59 heavy (non-hydrogen) atoms. The number of amides is 2. The first-order valence-electron chi connectivity index (χ1n) is 21.0. The molecule has 3 aromatic carbocycles. The van der Waals surface area contributed by atoms with Crippen molar-refractivity contribution in [2.24, 2.45) is 0 Å². The number of carbonyl (C=O) groups is 1. The Kier molecular flexibility index (Phi) is 20.8. The lowest BCUT2D eigenvalue weighted by Crippen LogP contribution is -2.50. The molecule has 0 saturated carbocycles. The highest BCUT2D eigenvalue weighted by Crippen LogP contribution is 2.46. The molecule has 0 saturated heterocycles. The fraction of sp³-hybridized carbons (Fsp3) is 0.565. The minimum atomic E-state index is -2.30. The van der Waals surface area contributed by atoms with Crippen LogP contribution in [-0.2, 0) is 23.8 Å². The van der Waals surface area contributed by atoms with E-state index in [2.05, 4.69) is 95.1 Å². The molecule has 0 fully saturated rings. The highest BCUT2D eigenvalue weighted by molar-refractivity contribution is 7.44. The molecular weight excluding hydrogens is 780 g/mol. The second-order valence-corrected chi connectivity index (χ2v) is 23.0. The Hall–Kier alpha value is -3.53. The molecule has 0 bridgehead atoms. The van der Waals surface area contributed by atoms with Crippen LogP contribution >= 0.6 is 8.53 Å². The highest BCUT2D eigenvalue weighted by Gasteiger charge is 2.42. The lowest BCUT2D eigenvalue weighted by molar-refractivity contribution is -0.0327. The Bertz CT molecular complexity index is 1630. The van der Waals surface area contributed by atoms with Crippen molar-refractivity contribution >= 4 is 22.9 Å². The first-order chi connectivity index (χ1) is 28.1. The highest BCUT2D eigenvalue weighted by atomic mass is 31.2. The lowest BCUT2D eigenvalue weighted by atomic mass is 9.80. The van der Waals surface area contributed by atoms with Crippen molar-refractivity contribution < 1.29 is 32.5 Å². The number of hydrogen-bond donors (Lipinski definition) is 2. The molecule has 0 heterocycles. The van der Waals surface area contributed by atoms with Crippen LogP contribution in [0.15, 0.2) is 78.9 Å². The predicted molar refractivity (Wildman–Crippen MR) is 241 cm³/mol. The van der Waals surface area contributed by atoms with Crippen LogP contribution in [0.25, 0.3) is 0 Å². The zero-order chi connectivity index (χ0) is 43.5. The molecule has 0 spiro atoms. The number of carbonyl (C=O) groups excluding carboxylic acids is 1. The quantitative estimate of drug-likeness (QED) is 0.0352. The van der Waals surface area contributed by atoms with Crippen LogP contribution < -0.4 is 20.1 Å². The summed E-state index contributed by atoms with van der Waals surface area (Å²) < 4.78 is 39.7. The van der Waals surface area contributed by atoms with Gasteiger partial charge in [0, 0.05) is 25.2 Å². The molecule has 2 amide bonds. The fourth-order valence-electron chi connectivity index (χ4n) is 6.53. The van der Waals surface area contributed by atoms with Gasteiger partial charge in [0.25, 0.3) is 8.53 Å². The van der Waals surface area contributed by atoms with Gasteiger partial charge < -0.3 is 38.3 Å². The number of nitriles is 1. The Morgan fingerprint density at radius 3 is 1.80 bits per heavy atom. The summed E-state index contributed by atoms with van der Waals surface area (Å²) >= 11 is 0. The van der Waals surface area contributed by atoms with Crippen LogP contribution in [0, 0.1) is 11.3 Å². The summed E-state index contributed by atoms with van der Waals surface area (Å²) in [6.07, 6.45) is 3.58. The second kappa shape index (κ2) is 24.7. The van der Waals surface area contributed by atoms with E-state index >= 15 is 0 Å². The van der Waals surface area contributed by atoms with Crippen molar-refractivity contribution in [1.29, 1.82) is 5.26 Å². The fourth-order valence-corrected chi connectivity index (χ4v) is 9.49. The number of urea groups is 1. The van der Waals surface area contributed by atoms with Crippen LogP contribution in [0.5, 0.6) is 11.5 Å². The number of nitrogens with one attached hydrogen (secondary N) is 2. The molecule has 3 rings (SSSR count). The summed E-state index contributed by atoms with van der Waals surface area (Å²) in [4.78, 5) is 13.2. The number of hydrogen-bond acceptors (Lipinski definition) is 9. The topological polar surface area (TPSA) is 124 Å². The minimum absolute atomic E-state index is 0.0599. The van der Waals surface area contributed by atoms with Gasteiger partial charge in [0.05, 0.1) is 52.6 Å². The molecule has 0 aliphatic heterocycles. The van der Waals surface area contributed by atoms with Gasteiger partial charge in [-0.2, -0.15) is 5.26 Å². The van der Waals surface area contributed by atoms with Crippen LogP contribution in [-0.4, -0.2) is 84.3 Å². The van der Waals surface area contributed by atoms with Crippen molar-refractivity contribution in [1.82, 2.24) is 15.3 Å². The van der Waals surface area contributed by atoms with E-state index in [0.717, 1.165) is 53.9 Å². The third kappa shape index (κ3) is 15.2. The minimum Gasteiger partial charge on any atom is -0.497 e. The SMILES string of the molecule is COc1ccc(C(OCC(CNC(=O)NCCCCCCOP(OCCC#N)N(C(C)C)C(C)C)O[Si](C)(C)C(C)(C)C)(c2ccccc2)c2ccc(OC)cc2)cc1. The standard InChI is InChI=1S/C46H71N4O7PSi/c1-36(2)50(37(3)4)58(56-33-19-30-47)55-32-18-13-12-17-31-48-44(51)49-34-43(57-59(10,11)45(5,6)7)35-54-46(38-20-15-14-16-21-38,39-22-26-41(52-8)27-23-39)40-24-28-42(53-9)29-25-40/h14-16,20-29,36-37,43H,12-13,17-19,31-35H2,1-11H3,(H2,48,49,51). The maximum absolute atomic E-state index is 13.2. The largest absolute Gasteiger partial charge is 0.497 e. The van der Waals surface area contributed by atoms with Gasteiger partial charge in [-0.3, -0.25) is 0 Å². The number of nitrogens with zero attached hydrogens (tertiary/aromatic N) is 2. The average molecular weight is 851 g/mol. The van der Waals surface area contributed by atoms with E-state index in [1.165, 1.54) is 0 Å². The van der Waals surface area contributed by atoms with Crippen LogP contribution in [0.1, 0.15) is 97.3 Å². The molecule has 2 atom stereocenters. The van der Waals surface area contributed by atoms with Gasteiger partial charge in [-0.05, 0) is 99.6 Å². The Labute approximate surface area is 357 Å². The molecule has 3 aromatic rings. The molecule has 2 N–H and O–H groups in total. The maximum atomic E-state index is 13.2. The van der Waals surface area contributed by atoms with E-state index in [-0.39, 0.29) is 36.3 Å². The number of benzene rings is 3. The third-order valence-corrected chi connectivity index (χ3v) is 17.3. The van der Waals surface area contributed by atoms with E-state index in [0.29, 0.717) is 26.2 Å². The second-order valence-electron chi connectivity index (χ2n) is 16.7. The van der Waals surface area contributed by atoms with E-state index in [1.54, 1.807) is 14.2 Å². The number of rotatable bonds is 26. The summed E-state index contributed by atoms with van der Waals surface area (Å²) in [6, 6.07) is 28.6. The molecular formula is C46H71N4O7PSi. The van der Waals surface area contributed by atoms with E-state index in [9.17, 15) is 4.79 Å². The maximum Gasteiger partial charge on any atom is 0.314 e. The van der Waals surface area contributed by atoms with Crippen LogP contribution in [0.2, 0.25) is 18.1 Å². The molecule has 0 aliphatic rings. The average Bonchev–Trinajstić information content (AvgIpc) is 3.21. The van der Waals surface area contributed by atoms with Gasteiger partial charge in [0.15, 0.2) is 8.32 Å². The van der Waals surface area contributed by atoms with Crippen molar-refractivity contribution in [3.8, 4) is 17.6 Å². The molecule has 0 aliphatic carbocycles. The molecule has 13 heteroatoms. The molecule has 11 nitrogen and oxygen atoms in total. The van der Waals surface area contributed by atoms with Gasteiger partial charge in [-0.25, -0.2) is 9.46 Å². The summed E-state index contributed by atoms with van der Waals surface area (Å²) in [5, 5.41) is 15.0. The van der Waals surface area contributed by atoms with Crippen molar-refractivity contribution in [3.05, 3.63) is 95.6 Å². The Balaban J connectivity index is 1.69. The van der Waals surface area contributed by atoms with Crippen LogP contribution in [0.4, 0.5) is 4.79 Å². The number of methoxy groups -OCH3 is 2. The van der Waals surface area contributed by atoms with Crippen molar-refractivity contribution in [3.63, 3.8) is 0 Å². The summed E-state index contributed by atoms with van der Waals surface area (Å²) in [7, 11) is -0.216. The van der Waals surface area contributed by atoms with Crippen LogP contribution in [0.3, 0.4) is 0 Å². The van der Waals surface area contributed by atoms with Gasteiger partial charge in [-0.1, -0.05) is 88.2 Å². The van der Waals surface area contributed by atoms with Gasteiger partial charge in [0.2, 0.25) is 0 Å². The summed E-state index contributed by atoms with van der Waals surface area (Å²) in [6.45, 7) is 21.6. The zero-order valence-corrected chi connectivity index (χ0v) is 39.4. The van der Waals surface area contributed by atoms with E-state index < -0.39 is 28.5 Å². The predicted octanol–water partition coefficient (Wildman–Crippen LogP) is 10.6. The molecule has 0 aromatic heterocycles. The Morgan fingerprint density at radius 2 is 1.29 bits per heavy atom. The lowest BCUT2D eigenvalue weighted by Gasteiger charge is -2.41. The zero-order valence-electron chi connectivity index (χ0n) is 37.5. The third-order valence-electron chi connectivity index (χ3n) is 10.6. The number of ether oxygens (including phenoxy) is 3. The van der Waals surface area contributed by atoms with E-state index in [4.69, 9.17) is 32.9 Å². The van der Waals surface area contributed by atoms with Gasteiger partial charge in [-0.15, -0.1) is 0 Å². The van der Waals surface area contributed by atoms with Gasteiger partial charge in [0.1, 0.15) is 17.1 Å². The van der Waals surface area contributed by atoms with E-state index in [1.807, 2.05) is 66.7 Å². The summed E-state index contributed by atoms with van der Waals surface area (Å²) in [5.41, 5.74) is 1.79. The smallest absolute Gasteiger partial charge is 0.314 e. The van der Waals surface area contributed by atoms with Crippen molar-refractivity contribution in [2.75, 3.05) is 47.1 Å². The normalized spacial score (nSPS) is 13.3. The molecule has 0 radical (unpaired) electrons. The first-order valence-corrected chi connectivity index (χ1v) is 25.0. The number of unbranched alkanes of at least 4 members (excludes halogenated alkanes) is 3. The molecule has 2 unspecified atom stereocenters. The first kappa shape index (κ1) is 49.8. The molecule has 326 valence electrons. The monoisotopic (exact) mass is 850 g/mol.